The molecule has 20 heavy (non-hydrogen) atoms. The number of halogens is 2. The van der Waals surface area contributed by atoms with Crippen molar-refractivity contribution in [3.8, 4) is 0 Å². The van der Waals surface area contributed by atoms with Crippen molar-refractivity contribution in [3.63, 3.8) is 0 Å². The first-order chi connectivity index (χ1) is 9.28. The topological polar surface area (TPSA) is 71.5 Å². The second-order valence-corrected chi connectivity index (χ2v) is 7.16. The van der Waals surface area contributed by atoms with Gasteiger partial charge in [0.1, 0.15) is 5.82 Å². The molecule has 0 saturated heterocycles. The molecule has 0 radical (unpaired) electrons. The Morgan fingerprint density at radius 1 is 1.30 bits per heavy atom. The number of nitrogens with zero attached hydrogens (tertiary/aromatic N) is 1. The highest BCUT2D eigenvalue weighted by Gasteiger charge is 2.40. The molecule has 1 aromatic carbocycles. The number of hydrogen-bond donors (Lipinski definition) is 0. The minimum atomic E-state index is -3.33. The Morgan fingerprint density at radius 3 is 2.55 bits per heavy atom. The Bertz CT molecular complexity index is 702. The lowest BCUT2D eigenvalue weighted by Gasteiger charge is -2.16. The molecule has 2 rings (SSSR count). The lowest BCUT2D eigenvalue weighted by Crippen LogP contribution is -2.34. The molecule has 0 N–H and O–H groups in total. The summed E-state index contributed by atoms with van der Waals surface area (Å²) >= 11 is 5.80. The average molecular weight is 320 g/mol. The molecule has 0 saturated carbocycles. The van der Waals surface area contributed by atoms with E-state index >= 15 is 0 Å². The van der Waals surface area contributed by atoms with Crippen LogP contribution in [-0.2, 0) is 14.6 Å². The zero-order chi connectivity index (χ0) is 15.1. The number of rotatable bonds is 4. The summed E-state index contributed by atoms with van der Waals surface area (Å²) in [7, 11) is -3.33. The van der Waals surface area contributed by atoms with Crippen molar-refractivity contribution < 1.29 is 22.4 Å². The van der Waals surface area contributed by atoms with Crippen molar-refractivity contribution in [2.45, 2.75) is 6.92 Å². The number of Topliss-reactive ketones (excluding diaryl/α,β-unsaturated/α-hetero) is 1. The molecule has 1 aliphatic heterocycles. The van der Waals surface area contributed by atoms with E-state index < -0.39 is 27.3 Å². The van der Waals surface area contributed by atoms with E-state index in [4.69, 9.17) is 11.6 Å². The Morgan fingerprint density at radius 2 is 1.95 bits per heavy atom. The Labute approximate surface area is 120 Å². The molecule has 5 nitrogen and oxygen atoms in total. The van der Waals surface area contributed by atoms with Gasteiger partial charge in [-0.25, -0.2) is 12.8 Å². The maximum absolute atomic E-state index is 13.8. The van der Waals surface area contributed by atoms with E-state index in [1.165, 1.54) is 13.0 Å². The quantitative estimate of drug-likeness (QED) is 0.787. The van der Waals surface area contributed by atoms with Gasteiger partial charge in [0.25, 0.3) is 11.7 Å². The van der Waals surface area contributed by atoms with Crippen molar-refractivity contribution >= 4 is 38.8 Å². The normalized spacial score (nSPS) is 14.8. The van der Waals surface area contributed by atoms with Crippen LogP contribution < -0.4 is 4.90 Å². The predicted molar refractivity (Wildman–Crippen MR) is 72.4 cm³/mol. The molecule has 1 aromatic rings. The zero-order valence-corrected chi connectivity index (χ0v) is 12.1. The standard InChI is InChI=1S/C12H11ClFNO4S/c1-2-20(18,19)6-5-15-10-8(14)4-3-7(13)9(10)11(16)12(15)17/h3-4H,2,5-6H2,1H3. The fourth-order valence-corrected chi connectivity index (χ4v) is 2.93. The summed E-state index contributed by atoms with van der Waals surface area (Å²) < 4.78 is 36.7. The minimum Gasteiger partial charge on any atom is -0.301 e. The van der Waals surface area contributed by atoms with Crippen LogP contribution in [0.1, 0.15) is 17.3 Å². The van der Waals surface area contributed by atoms with Crippen molar-refractivity contribution in [2.75, 3.05) is 23.0 Å². The lowest BCUT2D eigenvalue weighted by atomic mass is 10.1. The van der Waals surface area contributed by atoms with E-state index in [9.17, 15) is 22.4 Å². The van der Waals surface area contributed by atoms with Gasteiger partial charge in [-0.3, -0.25) is 9.59 Å². The molecule has 0 bridgehead atoms. The molecule has 1 aliphatic rings. The molecule has 1 heterocycles. The maximum Gasteiger partial charge on any atom is 0.299 e. The average Bonchev–Trinajstić information content (AvgIpc) is 2.66. The number of ketones is 1. The molecule has 0 unspecified atom stereocenters. The van der Waals surface area contributed by atoms with Crippen LogP contribution in [0.3, 0.4) is 0 Å². The summed E-state index contributed by atoms with van der Waals surface area (Å²) in [4.78, 5) is 24.4. The second kappa shape index (κ2) is 5.14. The molecular formula is C12H11ClFNO4S. The molecule has 0 spiro atoms. The molecule has 0 fully saturated rings. The monoisotopic (exact) mass is 319 g/mol. The molecule has 0 aromatic heterocycles. The van der Waals surface area contributed by atoms with Gasteiger partial charge in [0.05, 0.1) is 22.0 Å². The van der Waals surface area contributed by atoms with Gasteiger partial charge in [0, 0.05) is 12.3 Å². The summed E-state index contributed by atoms with van der Waals surface area (Å²) in [6.45, 7) is 1.20. The number of hydrogen-bond acceptors (Lipinski definition) is 4. The summed E-state index contributed by atoms with van der Waals surface area (Å²) in [5.41, 5.74) is -0.440. The van der Waals surface area contributed by atoms with E-state index in [0.29, 0.717) is 0 Å². The van der Waals surface area contributed by atoms with Crippen molar-refractivity contribution in [3.05, 3.63) is 28.5 Å². The Hall–Kier alpha value is -1.47. The van der Waals surface area contributed by atoms with Gasteiger partial charge in [-0.1, -0.05) is 18.5 Å². The van der Waals surface area contributed by atoms with Gasteiger partial charge in [-0.05, 0) is 12.1 Å². The summed E-state index contributed by atoms with van der Waals surface area (Å²) in [5, 5.41) is -0.0272. The highest BCUT2D eigenvalue weighted by Crippen LogP contribution is 2.36. The van der Waals surface area contributed by atoms with Crippen LogP contribution in [0.25, 0.3) is 0 Å². The highest BCUT2D eigenvalue weighted by atomic mass is 35.5. The number of anilines is 1. The zero-order valence-electron chi connectivity index (χ0n) is 10.5. The molecule has 0 aliphatic carbocycles. The number of fused-ring (bicyclic) bond motifs is 1. The Balaban J connectivity index is 2.41. The highest BCUT2D eigenvalue weighted by molar-refractivity contribution is 7.91. The smallest absolute Gasteiger partial charge is 0.299 e. The van der Waals surface area contributed by atoms with E-state index in [1.807, 2.05) is 0 Å². The maximum atomic E-state index is 13.8. The molecule has 1 amide bonds. The third kappa shape index (κ3) is 2.43. The van der Waals surface area contributed by atoms with Crippen LogP contribution in [0.4, 0.5) is 10.1 Å². The van der Waals surface area contributed by atoms with Crippen LogP contribution in [0, 0.1) is 5.82 Å². The van der Waals surface area contributed by atoms with E-state index in [-0.39, 0.29) is 34.3 Å². The molecule has 0 atom stereocenters. The predicted octanol–water partition coefficient (Wildman–Crippen LogP) is 1.44. The number of benzene rings is 1. The first-order valence-corrected chi connectivity index (χ1v) is 8.03. The van der Waals surface area contributed by atoms with Gasteiger partial charge in [0.15, 0.2) is 9.84 Å². The van der Waals surface area contributed by atoms with Gasteiger partial charge < -0.3 is 4.90 Å². The van der Waals surface area contributed by atoms with Crippen LogP contribution in [-0.4, -0.2) is 38.2 Å². The number of carbonyl (C=O) groups is 2. The van der Waals surface area contributed by atoms with Gasteiger partial charge in [-0.2, -0.15) is 0 Å². The Kier molecular flexibility index (Phi) is 3.84. The third-order valence-electron chi connectivity index (χ3n) is 3.08. The first-order valence-electron chi connectivity index (χ1n) is 5.83. The third-order valence-corrected chi connectivity index (χ3v) is 5.08. The SMILES string of the molecule is CCS(=O)(=O)CCN1C(=O)C(=O)c2c(Cl)ccc(F)c21. The van der Waals surface area contributed by atoms with Crippen molar-refractivity contribution in [1.29, 1.82) is 0 Å². The summed E-state index contributed by atoms with van der Waals surface area (Å²) in [6, 6.07) is 2.22. The first kappa shape index (κ1) is 14.9. The molecule has 8 heteroatoms. The van der Waals surface area contributed by atoms with Gasteiger partial charge in [-0.15, -0.1) is 0 Å². The van der Waals surface area contributed by atoms with Gasteiger partial charge >= 0.3 is 0 Å². The molecular weight excluding hydrogens is 309 g/mol. The van der Waals surface area contributed by atoms with E-state index in [1.54, 1.807) is 0 Å². The van der Waals surface area contributed by atoms with Crippen LogP contribution in [0.5, 0.6) is 0 Å². The minimum absolute atomic E-state index is 0.0272. The van der Waals surface area contributed by atoms with Crippen LogP contribution >= 0.6 is 11.6 Å². The second-order valence-electron chi connectivity index (χ2n) is 4.28. The van der Waals surface area contributed by atoms with Crippen molar-refractivity contribution in [1.82, 2.24) is 0 Å². The summed E-state index contributed by atoms with van der Waals surface area (Å²) in [6.07, 6.45) is 0. The number of amides is 1. The van der Waals surface area contributed by atoms with Crippen LogP contribution in [0.2, 0.25) is 5.02 Å². The van der Waals surface area contributed by atoms with E-state index in [2.05, 4.69) is 0 Å². The van der Waals surface area contributed by atoms with Gasteiger partial charge in [0.2, 0.25) is 0 Å². The molecule has 108 valence electrons. The number of sulfone groups is 1. The fraction of sp³-hybridized carbons (Fsp3) is 0.333. The number of carbonyl (C=O) groups excluding carboxylic acids is 2. The fourth-order valence-electron chi connectivity index (χ4n) is 1.94. The van der Waals surface area contributed by atoms with Crippen molar-refractivity contribution in [2.24, 2.45) is 0 Å². The summed E-state index contributed by atoms with van der Waals surface area (Å²) in [5.74, 6) is -3.09. The van der Waals surface area contributed by atoms with Crippen LogP contribution in [0.15, 0.2) is 12.1 Å². The van der Waals surface area contributed by atoms with E-state index in [0.717, 1.165) is 11.0 Å². The largest absolute Gasteiger partial charge is 0.301 e. The lowest BCUT2D eigenvalue weighted by molar-refractivity contribution is -0.114.